The number of fused-ring (bicyclic) bond motifs is 1. The van der Waals surface area contributed by atoms with Crippen molar-refractivity contribution in [2.75, 3.05) is 0 Å². The first-order valence-corrected chi connectivity index (χ1v) is 4.05. The average molecular weight is 193 g/mol. The fraction of sp³-hybridized carbons (Fsp3) is 0.111. The number of nitrogens with zero attached hydrogens (tertiary/aromatic N) is 2. The van der Waals surface area contributed by atoms with Crippen LogP contribution in [-0.4, -0.2) is 4.98 Å². The molecule has 13 heavy (non-hydrogen) atoms. The van der Waals surface area contributed by atoms with Crippen LogP contribution in [0.2, 0.25) is 5.02 Å². The van der Waals surface area contributed by atoms with E-state index in [9.17, 15) is 0 Å². The standard InChI is InChI=1S/C9H5ClN2O/c1-11-5-9-12-7-4-6(10)2-3-8(7)13-9/h2-4H,5H2. The summed E-state index contributed by atoms with van der Waals surface area (Å²) >= 11 is 5.76. The molecule has 0 bridgehead atoms. The van der Waals surface area contributed by atoms with E-state index in [-0.39, 0.29) is 6.54 Å². The lowest BCUT2D eigenvalue weighted by atomic mass is 10.3. The Morgan fingerprint density at radius 1 is 1.54 bits per heavy atom. The van der Waals surface area contributed by atoms with Gasteiger partial charge in [0.05, 0.1) is 0 Å². The van der Waals surface area contributed by atoms with Crippen LogP contribution in [0.4, 0.5) is 0 Å². The van der Waals surface area contributed by atoms with Crippen LogP contribution in [0.5, 0.6) is 0 Å². The molecule has 4 heteroatoms. The van der Waals surface area contributed by atoms with E-state index in [1.54, 1.807) is 18.2 Å². The summed E-state index contributed by atoms with van der Waals surface area (Å²) in [4.78, 5) is 7.28. The Labute approximate surface area is 79.8 Å². The van der Waals surface area contributed by atoms with Gasteiger partial charge in [0.25, 0.3) is 12.4 Å². The largest absolute Gasteiger partial charge is 0.434 e. The molecule has 0 spiro atoms. The van der Waals surface area contributed by atoms with Crippen molar-refractivity contribution < 1.29 is 4.42 Å². The Balaban J connectivity index is 2.57. The highest BCUT2D eigenvalue weighted by molar-refractivity contribution is 6.31. The zero-order valence-corrected chi connectivity index (χ0v) is 7.38. The Kier molecular flexibility index (Phi) is 1.91. The normalized spacial score (nSPS) is 10.2. The van der Waals surface area contributed by atoms with Gasteiger partial charge >= 0.3 is 0 Å². The molecule has 2 aromatic rings. The summed E-state index contributed by atoms with van der Waals surface area (Å²) in [7, 11) is 0. The Hall–Kier alpha value is -1.53. The summed E-state index contributed by atoms with van der Waals surface area (Å²) in [5.41, 5.74) is 1.37. The van der Waals surface area contributed by atoms with E-state index in [0.29, 0.717) is 22.0 Å². The van der Waals surface area contributed by atoms with E-state index in [1.807, 2.05) is 0 Å². The molecule has 0 N–H and O–H groups in total. The molecule has 1 heterocycles. The number of rotatable bonds is 1. The molecule has 0 aliphatic carbocycles. The molecule has 0 aliphatic rings. The molecule has 64 valence electrons. The van der Waals surface area contributed by atoms with E-state index in [0.717, 1.165) is 0 Å². The number of oxazole rings is 1. The predicted molar refractivity (Wildman–Crippen MR) is 49.3 cm³/mol. The lowest BCUT2D eigenvalue weighted by Crippen LogP contribution is -1.75. The highest BCUT2D eigenvalue weighted by Gasteiger charge is 2.06. The molecule has 2 rings (SSSR count). The Bertz CT molecular complexity index is 484. The molecule has 0 atom stereocenters. The molecule has 0 fully saturated rings. The molecule has 0 saturated heterocycles. The van der Waals surface area contributed by atoms with Crippen molar-refractivity contribution in [1.29, 1.82) is 0 Å². The van der Waals surface area contributed by atoms with Crippen molar-refractivity contribution in [3.05, 3.63) is 40.5 Å². The van der Waals surface area contributed by atoms with Crippen LogP contribution < -0.4 is 0 Å². The SMILES string of the molecule is [C-]#[N+]Cc1nc2cc(Cl)ccc2o1. The Morgan fingerprint density at radius 3 is 3.15 bits per heavy atom. The maximum atomic E-state index is 6.65. The van der Waals surface area contributed by atoms with Crippen LogP contribution in [0.1, 0.15) is 5.89 Å². The van der Waals surface area contributed by atoms with Gasteiger partial charge in [-0.25, -0.2) is 11.6 Å². The quantitative estimate of drug-likeness (QED) is 0.651. The molecule has 3 nitrogen and oxygen atoms in total. The molecular formula is C9H5ClN2O. The van der Waals surface area contributed by atoms with E-state index in [4.69, 9.17) is 22.6 Å². The van der Waals surface area contributed by atoms with Gasteiger partial charge in [0.15, 0.2) is 5.58 Å². The summed E-state index contributed by atoms with van der Waals surface area (Å²) in [6.07, 6.45) is 0. The lowest BCUT2D eigenvalue weighted by Gasteiger charge is -1.85. The van der Waals surface area contributed by atoms with Crippen molar-refractivity contribution in [2.24, 2.45) is 0 Å². The highest BCUT2D eigenvalue weighted by atomic mass is 35.5. The molecule has 1 aromatic heterocycles. The van der Waals surface area contributed by atoms with Gasteiger partial charge < -0.3 is 9.26 Å². The van der Waals surface area contributed by atoms with Crippen LogP contribution in [0.25, 0.3) is 15.9 Å². The van der Waals surface area contributed by atoms with Gasteiger partial charge in [-0.15, -0.1) is 0 Å². The Morgan fingerprint density at radius 2 is 2.38 bits per heavy atom. The van der Waals surface area contributed by atoms with Crippen molar-refractivity contribution in [3.63, 3.8) is 0 Å². The molecule has 0 aliphatic heterocycles. The van der Waals surface area contributed by atoms with E-state index in [1.165, 1.54) is 0 Å². The predicted octanol–water partition coefficient (Wildman–Crippen LogP) is 2.90. The summed E-state index contributed by atoms with van der Waals surface area (Å²) in [6, 6.07) is 5.20. The maximum absolute atomic E-state index is 6.65. The highest BCUT2D eigenvalue weighted by Crippen LogP contribution is 2.20. The topological polar surface area (TPSA) is 30.4 Å². The summed E-state index contributed by atoms with van der Waals surface area (Å²) in [5.74, 6) is 0.437. The van der Waals surface area contributed by atoms with Gasteiger partial charge in [-0.1, -0.05) is 11.6 Å². The smallest absolute Gasteiger partial charge is 0.289 e. The molecule has 0 radical (unpaired) electrons. The van der Waals surface area contributed by atoms with Crippen LogP contribution in [0.15, 0.2) is 22.6 Å². The van der Waals surface area contributed by atoms with Crippen LogP contribution in [-0.2, 0) is 6.54 Å². The third-order valence-corrected chi connectivity index (χ3v) is 1.84. The first kappa shape index (κ1) is 8.09. The first-order valence-electron chi connectivity index (χ1n) is 3.68. The van der Waals surface area contributed by atoms with Gasteiger partial charge in [-0.05, 0) is 18.2 Å². The molecular weight excluding hydrogens is 188 g/mol. The summed E-state index contributed by atoms with van der Waals surface area (Å²) in [5, 5.41) is 0.621. The van der Waals surface area contributed by atoms with Gasteiger partial charge in [-0.2, -0.15) is 0 Å². The zero-order chi connectivity index (χ0) is 9.26. The fourth-order valence-corrected chi connectivity index (χ4v) is 1.25. The number of hydrogen-bond acceptors (Lipinski definition) is 2. The summed E-state index contributed by atoms with van der Waals surface area (Å²) < 4.78 is 5.28. The lowest BCUT2D eigenvalue weighted by molar-refractivity contribution is 0.546. The van der Waals surface area contributed by atoms with Crippen LogP contribution in [0.3, 0.4) is 0 Å². The van der Waals surface area contributed by atoms with E-state index < -0.39 is 0 Å². The molecule has 0 unspecified atom stereocenters. The average Bonchev–Trinajstić information content (AvgIpc) is 2.46. The van der Waals surface area contributed by atoms with E-state index >= 15 is 0 Å². The number of halogens is 1. The number of hydrogen-bond donors (Lipinski definition) is 0. The number of benzene rings is 1. The minimum absolute atomic E-state index is 0.173. The second kappa shape index (κ2) is 3.08. The van der Waals surface area contributed by atoms with E-state index in [2.05, 4.69) is 9.83 Å². The number of aromatic nitrogens is 1. The first-order chi connectivity index (χ1) is 6.29. The van der Waals surface area contributed by atoms with Crippen LogP contribution >= 0.6 is 11.6 Å². The van der Waals surface area contributed by atoms with Gasteiger partial charge in [-0.3, -0.25) is 0 Å². The van der Waals surface area contributed by atoms with Gasteiger partial charge in [0.2, 0.25) is 0 Å². The van der Waals surface area contributed by atoms with Crippen molar-refractivity contribution in [1.82, 2.24) is 4.98 Å². The molecule has 0 saturated carbocycles. The van der Waals surface area contributed by atoms with Crippen molar-refractivity contribution in [2.45, 2.75) is 6.54 Å². The maximum Gasteiger partial charge on any atom is 0.289 e. The monoisotopic (exact) mass is 192 g/mol. The molecule has 0 amide bonds. The third-order valence-electron chi connectivity index (χ3n) is 1.61. The van der Waals surface area contributed by atoms with Gasteiger partial charge in [0.1, 0.15) is 5.52 Å². The second-order valence-corrected chi connectivity index (χ2v) is 2.97. The third kappa shape index (κ3) is 1.49. The minimum Gasteiger partial charge on any atom is -0.434 e. The zero-order valence-electron chi connectivity index (χ0n) is 6.62. The van der Waals surface area contributed by atoms with Crippen molar-refractivity contribution in [3.8, 4) is 0 Å². The van der Waals surface area contributed by atoms with Crippen molar-refractivity contribution >= 4 is 22.7 Å². The summed E-state index contributed by atoms with van der Waals surface area (Å²) in [6.45, 7) is 6.83. The van der Waals surface area contributed by atoms with Gasteiger partial charge in [0, 0.05) is 5.02 Å². The minimum atomic E-state index is 0.173. The second-order valence-electron chi connectivity index (χ2n) is 2.54. The molecule has 1 aromatic carbocycles. The fourth-order valence-electron chi connectivity index (χ4n) is 1.08. The van der Waals surface area contributed by atoms with Crippen LogP contribution in [0, 0.1) is 6.57 Å².